The number of methoxy groups -OCH3 is 2. The number of carbonyl (C=O) groups excluding carboxylic acids is 2. The molecule has 0 aliphatic heterocycles. The van der Waals surface area contributed by atoms with Gasteiger partial charge < -0.3 is 14.5 Å². The number of aromatic amines is 1. The van der Waals surface area contributed by atoms with Crippen molar-refractivity contribution in [2.45, 2.75) is 0 Å². The Morgan fingerprint density at radius 3 is 1.68 bits per heavy atom. The molecule has 0 spiro atoms. The number of benzene rings is 2. The first-order valence-corrected chi connectivity index (χ1v) is 7.68. The molecule has 0 fully saturated rings. The topological polar surface area (TPSA) is 68.4 Å². The van der Waals surface area contributed by atoms with Gasteiger partial charge in [0.05, 0.1) is 19.9 Å². The van der Waals surface area contributed by atoms with E-state index in [9.17, 15) is 9.59 Å². The molecular weight excluding hydrogens is 318 g/mol. The zero-order valence-electron chi connectivity index (χ0n) is 13.9. The van der Waals surface area contributed by atoms with Crippen LogP contribution in [0.1, 0.15) is 32.0 Å². The smallest absolute Gasteiger partial charge is 0.209 e. The maximum atomic E-state index is 12.5. The maximum Gasteiger partial charge on any atom is 0.209 e. The fourth-order valence-electron chi connectivity index (χ4n) is 2.46. The molecule has 0 amide bonds. The molecule has 5 heteroatoms. The van der Waals surface area contributed by atoms with E-state index in [4.69, 9.17) is 9.47 Å². The van der Waals surface area contributed by atoms with Crippen LogP contribution >= 0.6 is 0 Å². The second-order valence-corrected chi connectivity index (χ2v) is 5.42. The Hall–Kier alpha value is -3.34. The number of aromatic nitrogens is 1. The van der Waals surface area contributed by atoms with E-state index in [0.717, 1.165) is 0 Å². The Labute approximate surface area is 145 Å². The van der Waals surface area contributed by atoms with Crippen molar-refractivity contribution >= 4 is 11.6 Å². The molecule has 0 radical (unpaired) electrons. The molecule has 0 aliphatic carbocycles. The summed E-state index contributed by atoms with van der Waals surface area (Å²) in [6.45, 7) is 0. The Kier molecular flexibility index (Phi) is 4.66. The van der Waals surface area contributed by atoms with Crippen LogP contribution in [0, 0.1) is 0 Å². The van der Waals surface area contributed by atoms with Crippen molar-refractivity contribution < 1.29 is 19.1 Å². The van der Waals surface area contributed by atoms with E-state index < -0.39 is 0 Å². The highest BCUT2D eigenvalue weighted by molar-refractivity contribution is 6.12. The molecular formula is C20H17NO4. The summed E-state index contributed by atoms with van der Waals surface area (Å²) < 4.78 is 10.2. The largest absolute Gasteiger partial charge is 0.497 e. The molecule has 1 aromatic heterocycles. The first-order chi connectivity index (χ1) is 12.1. The maximum absolute atomic E-state index is 12.5. The van der Waals surface area contributed by atoms with E-state index in [1.165, 1.54) is 0 Å². The van der Waals surface area contributed by atoms with Crippen LogP contribution in [0.5, 0.6) is 11.5 Å². The van der Waals surface area contributed by atoms with Gasteiger partial charge in [0, 0.05) is 22.9 Å². The van der Waals surface area contributed by atoms with Crippen LogP contribution in [0.15, 0.2) is 60.8 Å². The van der Waals surface area contributed by atoms with Gasteiger partial charge in [-0.05, 0) is 54.6 Å². The van der Waals surface area contributed by atoms with Crippen LogP contribution in [0.2, 0.25) is 0 Å². The normalized spacial score (nSPS) is 10.3. The molecule has 0 aliphatic rings. The quantitative estimate of drug-likeness (QED) is 0.700. The molecule has 126 valence electrons. The number of rotatable bonds is 6. The zero-order valence-corrected chi connectivity index (χ0v) is 13.9. The van der Waals surface area contributed by atoms with Crippen molar-refractivity contribution in [3.63, 3.8) is 0 Å². The Morgan fingerprint density at radius 1 is 0.720 bits per heavy atom. The Balaban J connectivity index is 1.80. The number of hydrogen-bond acceptors (Lipinski definition) is 4. The lowest BCUT2D eigenvalue weighted by atomic mass is 10.0. The molecule has 0 atom stereocenters. The van der Waals surface area contributed by atoms with E-state index in [2.05, 4.69) is 4.98 Å². The summed E-state index contributed by atoms with van der Waals surface area (Å²) in [4.78, 5) is 27.9. The van der Waals surface area contributed by atoms with Crippen LogP contribution in [-0.2, 0) is 0 Å². The number of ketones is 2. The number of ether oxygens (including phenoxy) is 2. The van der Waals surface area contributed by atoms with Gasteiger partial charge in [0.15, 0.2) is 5.78 Å². The van der Waals surface area contributed by atoms with Crippen molar-refractivity contribution in [2.75, 3.05) is 14.2 Å². The minimum atomic E-state index is -0.184. The first kappa shape index (κ1) is 16.5. The van der Waals surface area contributed by atoms with Crippen LogP contribution in [-0.4, -0.2) is 30.8 Å². The monoisotopic (exact) mass is 335 g/mol. The lowest BCUT2D eigenvalue weighted by Gasteiger charge is -2.02. The van der Waals surface area contributed by atoms with E-state index in [1.54, 1.807) is 75.0 Å². The second kappa shape index (κ2) is 7.05. The van der Waals surface area contributed by atoms with Crippen molar-refractivity contribution in [1.29, 1.82) is 0 Å². The lowest BCUT2D eigenvalue weighted by molar-refractivity contribution is 0.103. The van der Waals surface area contributed by atoms with Crippen molar-refractivity contribution in [2.24, 2.45) is 0 Å². The van der Waals surface area contributed by atoms with Crippen molar-refractivity contribution in [1.82, 2.24) is 4.98 Å². The molecule has 0 bridgehead atoms. The molecule has 3 rings (SSSR count). The summed E-state index contributed by atoms with van der Waals surface area (Å²) in [7, 11) is 3.14. The number of nitrogens with one attached hydrogen (secondary N) is 1. The molecule has 5 nitrogen and oxygen atoms in total. The minimum absolute atomic E-state index is 0.160. The van der Waals surface area contributed by atoms with E-state index in [1.807, 2.05) is 0 Å². The third-order valence-corrected chi connectivity index (χ3v) is 3.89. The third-order valence-electron chi connectivity index (χ3n) is 3.89. The van der Waals surface area contributed by atoms with Crippen molar-refractivity contribution in [3.05, 3.63) is 83.2 Å². The van der Waals surface area contributed by atoms with Gasteiger partial charge in [-0.1, -0.05) is 0 Å². The van der Waals surface area contributed by atoms with Gasteiger partial charge in [0.1, 0.15) is 11.5 Å². The predicted octanol–water partition coefficient (Wildman–Crippen LogP) is 3.49. The Bertz CT molecular complexity index is 818. The molecule has 25 heavy (non-hydrogen) atoms. The summed E-state index contributed by atoms with van der Waals surface area (Å²) in [6.07, 6.45) is 1.54. The third kappa shape index (κ3) is 3.45. The summed E-state index contributed by atoms with van der Waals surface area (Å²) in [5.74, 6) is 1.02. The summed E-state index contributed by atoms with van der Waals surface area (Å²) in [5.41, 5.74) is 1.85. The minimum Gasteiger partial charge on any atom is -0.497 e. The average molecular weight is 335 g/mol. The first-order valence-electron chi connectivity index (χ1n) is 7.68. The number of H-pyrrole nitrogens is 1. The van der Waals surface area contributed by atoms with Gasteiger partial charge in [-0.2, -0.15) is 0 Å². The zero-order chi connectivity index (χ0) is 17.8. The molecule has 0 saturated carbocycles. The van der Waals surface area contributed by atoms with E-state index >= 15 is 0 Å². The standard InChI is InChI=1S/C20H17NO4/c1-24-16-7-3-13(4-8-16)19(22)15-11-18(21-12-15)20(23)14-5-9-17(25-2)10-6-14/h3-12,21H,1-2H3. The molecule has 2 aromatic carbocycles. The van der Waals surface area contributed by atoms with Gasteiger partial charge >= 0.3 is 0 Å². The fraction of sp³-hybridized carbons (Fsp3) is 0.100. The molecule has 1 heterocycles. The molecule has 0 unspecified atom stereocenters. The van der Waals surface area contributed by atoms with E-state index in [0.29, 0.717) is 33.9 Å². The molecule has 3 aromatic rings. The van der Waals surface area contributed by atoms with Crippen LogP contribution in [0.3, 0.4) is 0 Å². The van der Waals surface area contributed by atoms with Crippen molar-refractivity contribution in [3.8, 4) is 11.5 Å². The average Bonchev–Trinajstić information content (AvgIpc) is 3.17. The summed E-state index contributed by atoms with van der Waals surface area (Å²) >= 11 is 0. The fourth-order valence-corrected chi connectivity index (χ4v) is 2.46. The highest BCUT2D eigenvalue weighted by Gasteiger charge is 2.16. The van der Waals surface area contributed by atoms with Gasteiger partial charge in [0.25, 0.3) is 0 Å². The number of hydrogen-bond donors (Lipinski definition) is 1. The van der Waals surface area contributed by atoms with Gasteiger partial charge in [0.2, 0.25) is 5.78 Å². The van der Waals surface area contributed by atoms with Crippen LogP contribution in [0.25, 0.3) is 0 Å². The molecule has 0 saturated heterocycles. The highest BCUT2D eigenvalue weighted by Crippen LogP contribution is 2.18. The number of carbonyl (C=O) groups is 2. The SMILES string of the molecule is COc1ccc(C(=O)c2c[nH]c(C(=O)c3ccc(OC)cc3)c2)cc1. The molecule has 1 N–H and O–H groups in total. The van der Waals surface area contributed by atoms with Gasteiger partial charge in [-0.3, -0.25) is 9.59 Å². The Morgan fingerprint density at radius 2 is 1.20 bits per heavy atom. The lowest BCUT2D eigenvalue weighted by Crippen LogP contribution is -2.02. The van der Waals surface area contributed by atoms with Gasteiger partial charge in [-0.25, -0.2) is 0 Å². The second-order valence-electron chi connectivity index (χ2n) is 5.42. The van der Waals surface area contributed by atoms with E-state index in [-0.39, 0.29) is 11.6 Å². The van der Waals surface area contributed by atoms with Crippen LogP contribution < -0.4 is 9.47 Å². The summed E-state index contributed by atoms with van der Waals surface area (Å²) in [6, 6.07) is 15.2. The highest BCUT2D eigenvalue weighted by atomic mass is 16.5. The van der Waals surface area contributed by atoms with Gasteiger partial charge in [-0.15, -0.1) is 0 Å². The predicted molar refractivity (Wildman–Crippen MR) is 93.6 cm³/mol. The summed E-state index contributed by atoms with van der Waals surface area (Å²) in [5, 5.41) is 0. The van der Waals surface area contributed by atoms with Crippen LogP contribution in [0.4, 0.5) is 0 Å².